The number of aliphatic hydroxyl groups excluding tert-OH is 1. The average Bonchev–Trinajstić information content (AvgIpc) is 2.98. The fraction of sp³-hybridized carbons (Fsp3) is 0.700. The van der Waals surface area contributed by atoms with E-state index in [1.54, 1.807) is 0 Å². The molecule has 1 amide bonds. The molecule has 3 aliphatic rings. The Morgan fingerprint density at radius 3 is 2.77 bits per heavy atom. The molecule has 16 heteroatoms. The highest BCUT2D eigenvalue weighted by molar-refractivity contribution is 7.80. The van der Waals surface area contributed by atoms with E-state index in [9.17, 15) is 28.1 Å². The molecule has 0 saturated carbocycles. The van der Waals surface area contributed by atoms with Gasteiger partial charge in [0.2, 0.25) is 10.4 Å². The summed E-state index contributed by atoms with van der Waals surface area (Å²) in [6.07, 6.45) is -4.22. The minimum absolute atomic E-state index is 0.0307. The number of nitrogens with zero attached hydrogens (tertiary/aromatic N) is 2. The van der Waals surface area contributed by atoms with Gasteiger partial charge in [-0.3, -0.25) is 20.6 Å². The normalized spacial score (nSPS) is 36.3. The number of amides is 1. The van der Waals surface area contributed by atoms with Gasteiger partial charge in [0, 0.05) is 0 Å². The third-order valence-electron chi connectivity index (χ3n) is 4.58. The summed E-state index contributed by atoms with van der Waals surface area (Å²) in [4.78, 5) is 13.7. The lowest BCUT2D eigenvalue weighted by Crippen LogP contribution is -2.90. The zero-order valence-electron chi connectivity index (χ0n) is 13.1. The fourth-order valence-corrected chi connectivity index (χ4v) is 4.12. The predicted octanol–water partition coefficient (Wildman–Crippen LogP) is -7.23. The number of nitrogens with two attached hydrogens (primary N) is 3. The SMILES string of the molecule is NC(=O)OC[C@H]1[C@@H]2[NH+]=C(N)N[C@@]23[C@@H](O)[C@@H](OS(=O)(=O)[O-])C[N+]3=C(N)N1O. The Hall–Kier alpha value is -2.40. The van der Waals surface area contributed by atoms with Crippen molar-refractivity contribution >= 4 is 28.4 Å². The number of carbonyl (C=O) groups excluding carboxylic acids is 1. The first-order chi connectivity index (χ1) is 12.0. The molecule has 0 bridgehead atoms. The summed E-state index contributed by atoms with van der Waals surface area (Å²) in [7, 11) is -5.13. The molecule has 0 radical (unpaired) electrons. The molecule has 1 spiro atoms. The summed E-state index contributed by atoms with van der Waals surface area (Å²) in [6, 6.07) is -2.03. The number of hydrogen-bond acceptors (Lipinski definition) is 12. The molecule has 3 aliphatic heterocycles. The molecule has 146 valence electrons. The van der Waals surface area contributed by atoms with Gasteiger partial charge in [-0.05, 0) is 0 Å². The Morgan fingerprint density at radius 1 is 1.54 bits per heavy atom. The van der Waals surface area contributed by atoms with Crippen molar-refractivity contribution < 1.29 is 46.6 Å². The number of carbonyl (C=O) groups is 1. The van der Waals surface area contributed by atoms with Crippen molar-refractivity contribution in [3.8, 4) is 0 Å². The lowest BCUT2D eigenvalue weighted by Gasteiger charge is -2.39. The molecule has 0 unspecified atom stereocenters. The van der Waals surface area contributed by atoms with E-state index in [4.69, 9.17) is 21.9 Å². The first-order valence-electron chi connectivity index (χ1n) is 7.27. The van der Waals surface area contributed by atoms with Crippen LogP contribution in [0, 0.1) is 0 Å². The molecular weight excluding hydrogens is 378 g/mol. The van der Waals surface area contributed by atoms with Crippen molar-refractivity contribution in [3.63, 3.8) is 0 Å². The van der Waals surface area contributed by atoms with Crippen molar-refractivity contribution in [3.05, 3.63) is 0 Å². The van der Waals surface area contributed by atoms with Crippen LogP contribution < -0.4 is 27.5 Å². The summed E-state index contributed by atoms with van der Waals surface area (Å²) >= 11 is 0. The van der Waals surface area contributed by atoms with Crippen LogP contribution in [0.5, 0.6) is 0 Å². The number of rotatable bonds is 4. The van der Waals surface area contributed by atoms with Crippen LogP contribution in [0.3, 0.4) is 0 Å². The van der Waals surface area contributed by atoms with E-state index in [1.807, 2.05) is 0 Å². The summed E-state index contributed by atoms with van der Waals surface area (Å²) in [6.45, 7) is -0.791. The number of ether oxygens (including phenoxy) is 1. The second kappa shape index (κ2) is 5.81. The molecule has 15 nitrogen and oxygen atoms in total. The quantitative estimate of drug-likeness (QED) is 0.133. The monoisotopic (exact) mass is 396 g/mol. The largest absolute Gasteiger partial charge is 0.726 e. The molecular formula is C10H18N7O8S+. The maximum absolute atomic E-state index is 10.9. The van der Waals surface area contributed by atoms with Crippen molar-refractivity contribution in [2.45, 2.75) is 30.0 Å². The molecule has 1 saturated heterocycles. The molecule has 3 rings (SSSR count). The topological polar surface area (TPSA) is 244 Å². The van der Waals surface area contributed by atoms with E-state index in [0.29, 0.717) is 5.06 Å². The number of aliphatic hydroxyl groups is 1. The van der Waals surface area contributed by atoms with Gasteiger partial charge in [0.25, 0.3) is 5.66 Å². The third kappa shape index (κ3) is 2.67. The van der Waals surface area contributed by atoms with Gasteiger partial charge in [0.1, 0.15) is 19.3 Å². The van der Waals surface area contributed by atoms with E-state index in [2.05, 4.69) is 14.5 Å². The number of nitrogens with one attached hydrogen (secondary N) is 2. The van der Waals surface area contributed by atoms with Crippen LogP contribution in [0.1, 0.15) is 0 Å². The average molecular weight is 396 g/mol. The van der Waals surface area contributed by atoms with Crippen molar-refractivity contribution in [2.75, 3.05) is 13.2 Å². The predicted molar refractivity (Wildman–Crippen MR) is 77.7 cm³/mol. The Balaban J connectivity index is 2.04. The van der Waals surface area contributed by atoms with E-state index < -0.39 is 53.1 Å². The highest BCUT2D eigenvalue weighted by Crippen LogP contribution is 2.34. The van der Waals surface area contributed by atoms with Crippen molar-refractivity contribution in [1.29, 1.82) is 0 Å². The number of hydroxylamine groups is 2. The minimum atomic E-state index is -5.13. The molecule has 26 heavy (non-hydrogen) atoms. The number of primary amides is 1. The van der Waals surface area contributed by atoms with Crippen LogP contribution in [0.25, 0.3) is 0 Å². The van der Waals surface area contributed by atoms with Crippen molar-refractivity contribution in [2.24, 2.45) is 17.2 Å². The van der Waals surface area contributed by atoms with Gasteiger partial charge in [0.15, 0.2) is 18.2 Å². The zero-order valence-corrected chi connectivity index (χ0v) is 13.9. The summed E-state index contributed by atoms with van der Waals surface area (Å²) < 4.78 is 43.1. The van der Waals surface area contributed by atoms with E-state index in [-0.39, 0.29) is 18.5 Å². The second-order valence-electron chi connectivity index (χ2n) is 5.98. The lowest BCUT2D eigenvalue weighted by atomic mass is 9.88. The standard InChI is InChI=1S/C10H17N7O8S/c11-7-14-5-3(2-24-9(13)19)17(20)8(12)16-1-4(25-26(21,22)23)6(18)10(5,16)15-7/h3-6,12,18,20H,1-2H2,(H6,11,13,14,15,19,21,22,23)/p+1/t3-,4-,5-,6-,10-/m0/s1. The van der Waals surface area contributed by atoms with E-state index in [0.717, 1.165) is 0 Å². The fourth-order valence-electron chi connectivity index (χ4n) is 3.65. The Bertz CT molecular complexity index is 799. The molecule has 5 atom stereocenters. The Labute approximate surface area is 146 Å². The highest BCUT2D eigenvalue weighted by Gasteiger charge is 2.72. The lowest BCUT2D eigenvalue weighted by molar-refractivity contribution is -0.671. The summed E-state index contributed by atoms with van der Waals surface area (Å²) in [5.74, 6) is -0.353. The molecule has 3 heterocycles. The van der Waals surface area contributed by atoms with Gasteiger partial charge in [-0.1, -0.05) is 0 Å². The Kier molecular flexibility index (Phi) is 4.11. The summed E-state index contributed by atoms with van der Waals surface area (Å²) in [5.41, 5.74) is 15.0. The second-order valence-corrected chi connectivity index (χ2v) is 6.99. The molecule has 1 fully saturated rings. The smallest absolute Gasteiger partial charge is 0.404 e. The van der Waals surface area contributed by atoms with Gasteiger partial charge in [0.05, 0.1) is 0 Å². The zero-order chi connectivity index (χ0) is 19.4. The molecule has 0 aliphatic carbocycles. The van der Waals surface area contributed by atoms with Crippen LogP contribution in [-0.2, 0) is 19.3 Å². The van der Waals surface area contributed by atoms with Gasteiger partial charge in [-0.15, -0.1) is 5.06 Å². The van der Waals surface area contributed by atoms with Crippen LogP contribution >= 0.6 is 0 Å². The minimum Gasteiger partial charge on any atom is -0.726 e. The number of guanidine groups is 2. The van der Waals surface area contributed by atoms with E-state index in [1.165, 1.54) is 4.58 Å². The summed E-state index contributed by atoms with van der Waals surface area (Å²) in [5, 5.41) is 24.3. The number of hydrogen-bond donors (Lipinski definition) is 7. The first-order valence-corrected chi connectivity index (χ1v) is 8.60. The maximum Gasteiger partial charge on any atom is 0.404 e. The van der Waals surface area contributed by atoms with Crippen molar-refractivity contribution in [1.82, 2.24) is 10.4 Å². The molecule has 0 aromatic heterocycles. The molecule has 0 aromatic carbocycles. The van der Waals surface area contributed by atoms with Gasteiger partial charge >= 0.3 is 18.0 Å². The van der Waals surface area contributed by atoms with Crippen LogP contribution in [0.15, 0.2) is 0 Å². The van der Waals surface area contributed by atoms with Crippen LogP contribution in [-0.4, -0.2) is 94.0 Å². The Morgan fingerprint density at radius 2 is 2.19 bits per heavy atom. The van der Waals surface area contributed by atoms with E-state index >= 15 is 0 Å². The maximum atomic E-state index is 10.9. The third-order valence-corrected chi connectivity index (χ3v) is 5.06. The van der Waals surface area contributed by atoms with Crippen LogP contribution in [0.4, 0.5) is 4.79 Å². The van der Waals surface area contributed by atoms with Crippen LogP contribution in [0.2, 0.25) is 0 Å². The van der Waals surface area contributed by atoms with Gasteiger partial charge in [-0.25, -0.2) is 28.3 Å². The first kappa shape index (κ1) is 18.4. The highest BCUT2D eigenvalue weighted by atomic mass is 32.3. The van der Waals surface area contributed by atoms with Gasteiger partial charge in [-0.2, -0.15) is 0 Å². The molecule has 0 aromatic rings. The van der Waals surface area contributed by atoms with Gasteiger partial charge < -0.3 is 20.1 Å². The molecule has 10 N–H and O–H groups in total.